The van der Waals surface area contributed by atoms with Crippen molar-refractivity contribution < 1.29 is 0 Å². The maximum Gasteiger partial charge on any atom is 0.113 e. The topological polar surface area (TPSA) is 28.2 Å². The highest BCUT2D eigenvalue weighted by atomic mass is 35.5. The summed E-state index contributed by atoms with van der Waals surface area (Å²) < 4.78 is 0.783. The summed E-state index contributed by atoms with van der Waals surface area (Å²) in [5, 5.41) is 4.73. The first-order chi connectivity index (χ1) is 7.81. The average molecular weight is 258 g/mol. The lowest BCUT2D eigenvalue weighted by Crippen LogP contribution is -2.55. The highest BCUT2D eigenvalue weighted by molar-refractivity contribution is 7.15. The van der Waals surface area contributed by atoms with E-state index in [4.69, 9.17) is 11.6 Å². The number of piperidine rings is 3. The van der Waals surface area contributed by atoms with Crippen molar-refractivity contribution in [2.75, 3.05) is 19.6 Å². The SMILES string of the molecule is Clc1cnc(CNC2CN3CCC2CC3)s1. The molecular weight excluding hydrogens is 242 g/mol. The van der Waals surface area contributed by atoms with E-state index in [9.17, 15) is 0 Å². The van der Waals surface area contributed by atoms with Crippen LogP contribution in [0.5, 0.6) is 0 Å². The first kappa shape index (κ1) is 11.0. The van der Waals surface area contributed by atoms with E-state index in [0.717, 1.165) is 21.8 Å². The zero-order valence-corrected chi connectivity index (χ0v) is 10.7. The second-order valence-corrected chi connectivity index (χ2v) is 6.43. The number of rotatable bonds is 3. The van der Waals surface area contributed by atoms with Gasteiger partial charge in [0.2, 0.25) is 0 Å². The molecular formula is C11H16ClN3S. The summed E-state index contributed by atoms with van der Waals surface area (Å²) in [6, 6.07) is 0.658. The Labute approximate surface area is 105 Å². The zero-order chi connectivity index (χ0) is 11.0. The van der Waals surface area contributed by atoms with Crippen LogP contribution in [-0.4, -0.2) is 35.6 Å². The van der Waals surface area contributed by atoms with Crippen LogP contribution in [0.1, 0.15) is 17.8 Å². The second-order valence-electron chi connectivity index (χ2n) is 4.68. The monoisotopic (exact) mass is 257 g/mol. The van der Waals surface area contributed by atoms with E-state index in [1.54, 1.807) is 17.5 Å². The third-order valence-corrected chi connectivity index (χ3v) is 4.81. The molecule has 1 atom stereocenters. The van der Waals surface area contributed by atoms with Gasteiger partial charge in [0, 0.05) is 19.1 Å². The molecule has 1 aromatic rings. The molecule has 4 rings (SSSR count). The Morgan fingerprint density at radius 3 is 2.88 bits per heavy atom. The molecule has 0 saturated carbocycles. The van der Waals surface area contributed by atoms with Crippen LogP contribution in [0.15, 0.2) is 6.20 Å². The number of hydrogen-bond donors (Lipinski definition) is 1. The van der Waals surface area contributed by atoms with Gasteiger partial charge in [0.15, 0.2) is 0 Å². The van der Waals surface area contributed by atoms with E-state index in [-0.39, 0.29) is 0 Å². The molecule has 3 saturated heterocycles. The minimum absolute atomic E-state index is 0.658. The first-order valence-electron chi connectivity index (χ1n) is 5.87. The number of thiazole rings is 1. The molecule has 0 spiro atoms. The lowest BCUT2D eigenvalue weighted by molar-refractivity contribution is 0.0720. The third-order valence-electron chi connectivity index (χ3n) is 3.70. The van der Waals surface area contributed by atoms with E-state index in [0.29, 0.717) is 6.04 Å². The Bertz CT molecular complexity index is 360. The van der Waals surface area contributed by atoms with Crippen molar-refractivity contribution in [1.82, 2.24) is 15.2 Å². The van der Waals surface area contributed by atoms with Crippen molar-refractivity contribution in [3.05, 3.63) is 15.5 Å². The molecule has 16 heavy (non-hydrogen) atoms. The van der Waals surface area contributed by atoms with Crippen LogP contribution < -0.4 is 5.32 Å². The number of nitrogens with zero attached hydrogens (tertiary/aromatic N) is 2. The van der Waals surface area contributed by atoms with E-state index in [1.807, 2.05) is 0 Å². The number of aromatic nitrogens is 1. The van der Waals surface area contributed by atoms with Gasteiger partial charge in [0.05, 0.1) is 6.20 Å². The van der Waals surface area contributed by atoms with E-state index < -0.39 is 0 Å². The smallest absolute Gasteiger partial charge is 0.113 e. The Morgan fingerprint density at radius 1 is 1.50 bits per heavy atom. The Hall–Kier alpha value is -0.160. The van der Waals surface area contributed by atoms with Crippen LogP contribution in [0, 0.1) is 5.92 Å². The van der Waals surface area contributed by atoms with Crippen molar-refractivity contribution in [3.8, 4) is 0 Å². The number of halogens is 1. The van der Waals surface area contributed by atoms with Crippen molar-refractivity contribution in [2.24, 2.45) is 5.92 Å². The van der Waals surface area contributed by atoms with Crippen LogP contribution in [0.25, 0.3) is 0 Å². The van der Waals surface area contributed by atoms with Crippen molar-refractivity contribution in [1.29, 1.82) is 0 Å². The Morgan fingerprint density at radius 2 is 2.31 bits per heavy atom. The summed E-state index contributed by atoms with van der Waals surface area (Å²) in [4.78, 5) is 6.83. The predicted molar refractivity (Wildman–Crippen MR) is 66.9 cm³/mol. The van der Waals surface area contributed by atoms with Gasteiger partial charge in [-0.15, -0.1) is 11.3 Å². The summed E-state index contributed by atoms with van der Waals surface area (Å²) in [5.41, 5.74) is 0. The fraction of sp³-hybridized carbons (Fsp3) is 0.727. The number of nitrogens with one attached hydrogen (secondary N) is 1. The van der Waals surface area contributed by atoms with Crippen molar-refractivity contribution in [2.45, 2.75) is 25.4 Å². The maximum absolute atomic E-state index is 5.86. The number of fused-ring (bicyclic) bond motifs is 3. The molecule has 1 aromatic heterocycles. The largest absolute Gasteiger partial charge is 0.306 e. The van der Waals surface area contributed by atoms with Gasteiger partial charge >= 0.3 is 0 Å². The van der Waals surface area contributed by atoms with Gasteiger partial charge in [-0.05, 0) is 31.8 Å². The standard InChI is InChI=1S/C11H16ClN3S/c12-10-5-14-11(16-10)6-13-9-7-15-3-1-8(9)2-4-15/h5,8-9,13H,1-4,6-7H2. The molecule has 3 aliphatic rings. The van der Waals surface area contributed by atoms with Crippen LogP contribution in [-0.2, 0) is 6.54 Å². The third kappa shape index (κ3) is 2.25. The van der Waals surface area contributed by atoms with Crippen LogP contribution in [0.4, 0.5) is 0 Å². The van der Waals surface area contributed by atoms with Gasteiger partial charge < -0.3 is 10.2 Å². The summed E-state index contributed by atoms with van der Waals surface area (Å²) in [6.07, 6.45) is 4.45. The van der Waals surface area contributed by atoms with Crippen LogP contribution in [0.3, 0.4) is 0 Å². The highest BCUT2D eigenvalue weighted by Crippen LogP contribution is 2.28. The van der Waals surface area contributed by atoms with Crippen molar-refractivity contribution >= 4 is 22.9 Å². The molecule has 3 nitrogen and oxygen atoms in total. The molecule has 0 aliphatic carbocycles. The normalized spacial score (nSPS) is 33.2. The minimum atomic E-state index is 0.658. The fourth-order valence-electron chi connectivity index (χ4n) is 2.78. The Balaban J connectivity index is 1.55. The van der Waals surface area contributed by atoms with Crippen LogP contribution >= 0.6 is 22.9 Å². The number of hydrogen-bond acceptors (Lipinski definition) is 4. The molecule has 1 unspecified atom stereocenters. The average Bonchev–Trinajstić information content (AvgIpc) is 2.74. The lowest BCUT2D eigenvalue weighted by Gasteiger charge is -2.45. The van der Waals surface area contributed by atoms with Gasteiger partial charge in [-0.25, -0.2) is 4.98 Å². The highest BCUT2D eigenvalue weighted by Gasteiger charge is 2.33. The zero-order valence-electron chi connectivity index (χ0n) is 9.16. The maximum atomic E-state index is 5.86. The molecule has 88 valence electrons. The summed E-state index contributed by atoms with van der Waals surface area (Å²) in [6.45, 7) is 4.67. The minimum Gasteiger partial charge on any atom is -0.306 e. The summed E-state index contributed by atoms with van der Waals surface area (Å²) in [7, 11) is 0. The Kier molecular flexibility index (Phi) is 3.16. The molecule has 0 radical (unpaired) electrons. The van der Waals surface area contributed by atoms with E-state index >= 15 is 0 Å². The predicted octanol–water partition coefficient (Wildman–Crippen LogP) is 1.98. The van der Waals surface area contributed by atoms with Gasteiger partial charge in [0.25, 0.3) is 0 Å². The molecule has 0 aromatic carbocycles. The van der Waals surface area contributed by atoms with Crippen LogP contribution in [0.2, 0.25) is 4.34 Å². The summed E-state index contributed by atoms with van der Waals surface area (Å²) >= 11 is 7.44. The van der Waals surface area contributed by atoms with Gasteiger partial charge in [0.1, 0.15) is 9.34 Å². The second kappa shape index (κ2) is 4.61. The molecule has 0 amide bonds. The fourth-order valence-corrected chi connectivity index (χ4v) is 3.69. The molecule has 5 heteroatoms. The molecule has 3 fully saturated rings. The molecule has 3 aliphatic heterocycles. The summed E-state index contributed by atoms with van der Waals surface area (Å²) in [5.74, 6) is 0.875. The molecule has 1 N–H and O–H groups in total. The quantitative estimate of drug-likeness (QED) is 0.898. The van der Waals surface area contributed by atoms with E-state index in [1.165, 1.54) is 32.5 Å². The molecule has 4 heterocycles. The van der Waals surface area contributed by atoms with Crippen molar-refractivity contribution in [3.63, 3.8) is 0 Å². The lowest BCUT2D eigenvalue weighted by atomic mass is 9.84. The first-order valence-corrected chi connectivity index (χ1v) is 7.06. The van der Waals surface area contributed by atoms with Gasteiger partial charge in [-0.2, -0.15) is 0 Å². The van der Waals surface area contributed by atoms with Gasteiger partial charge in [-0.3, -0.25) is 0 Å². The van der Waals surface area contributed by atoms with E-state index in [2.05, 4.69) is 15.2 Å². The van der Waals surface area contributed by atoms with Gasteiger partial charge in [-0.1, -0.05) is 11.6 Å². The molecule has 2 bridgehead atoms.